The van der Waals surface area contributed by atoms with Crippen molar-refractivity contribution < 1.29 is 19.1 Å². The Kier molecular flexibility index (Phi) is 9.50. The van der Waals surface area contributed by atoms with Gasteiger partial charge in [0, 0.05) is 65.7 Å². The van der Waals surface area contributed by atoms with Crippen LogP contribution in [0.5, 0.6) is 0 Å². The molecule has 4 heterocycles. The molecule has 2 aromatic heterocycles. The van der Waals surface area contributed by atoms with Crippen molar-refractivity contribution in [3.8, 4) is 11.3 Å². The van der Waals surface area contributed by atoms with Gasteiger partial charge in [-0.2, -0.15) is 0 Å². The zero-order valence-corrected chi connectivity index (χ0v) is 28.1. The van der Waals surface area contributed by atoms with Crippen molar-refractivity contribution in [2.24, 2.45) is 0 Å². The van der Waals surface area contributed by atoms with Gasteiger partial charge in [0.25, 0.3) is 11.8 Å². The van der Waals surface area contributed by atoms with Gasteiger partial charge in [-0.25, -0.2) is 9.78 Å². The second-order valence-corrected chi connectivity index (χ2v) is 13.6. The Balaban J connectivity index is 1.33. The first-order chi connectivity index (χ1) is 21.4. The van der Waals surface area contributed by atoms with Crippen molar-refractivity contribution in [1.29, 1.82) is 0 Å². The van der Waals surface area contributed by atoms with Gasteiger partial charge in [0.1, 0.15) is 5.60 Å². The van der Waals surface area contributed by atoms with Gasteiger partial charge in [-0.1, -0.05) is 19.9 Å². The average Bonchev–Trinajstić information content (AvgIpc) is 3.77. The smallest absolute Gasteiger partial charge is 0.410 e. The number of hydrogen-bond acceptors (Lipinski definition) is 7. The Bertz CT molecular complexity index is 1630. The summed E-state index contributed by atoms with van der Waals surface area (Å²) in [5.74, 6) is -0.147. The molecule has 0 radical (unpaired) electrons. The summed E-state index contributed by atoms with van der Waals surface area (Å²) < 4.78 is 5.55. The van der Waals surface area contributed by atoms with Crippen LogP contribution in [0.1, 0.15) is 84.8 Å². The molecule has 0 bridgehead atoms. The molecule has 10 nitrogen and oxygen atoms in total. The molecule has 1 saturated heterocycles. The third-order valence-electron chi connectivity index (χ3n) is 8.41. The van der Waals surface area contributed by atoms with Crippen LogP contribution in [-0.2, 0) is 9.53 Å². The van der Waals surface area contributed by atoms with E-state index in [-0.39, 0.29) is 23.8 Å². The van der Waals surface area contributed by atoms with Crippen molar-refractivity contribution in [3.63, 3.8) is 0 Å². The number of H-pyrrole nitrogens is 1. The highest BCUT2D eigenvalue weighted by Gasteiger charge is 2.32. The number of likely N-dealkylation sites (tertiary alicyclic amines) is 1. The molecular formula is C34H44N6O4S. The van der Waals surface area contributed by atoms with E-state index in [1.54, 1.807) is 16.2 Å². The van der Waals surface area contributed by atoms with Crippen LogP contribution in [-0.4, -0.2) is 82.5 Å². The number of carbonyl (C=O) groups is 3. The molecule has 45 heavy (non-hydrogen) atoms. The Labute approximate surface area is 269 Å². The fourth-order valence-electron chi connectivity index (χ4n) is 5.91. The molecule has 3 N–H and O–H groups in total. The number of nitrogens with zero attached hydrogens (tertiary/aromatic N) is 3. The number of nitrogens with one attached hydrogen (secondary N) is 3. The summed E-state index contributed by atoms with van der Waals surface area (Å²) in [5, 5.41) is 9.03. The number of rotatable bonds is 9. The molecule has 1 fully saturated rings. The summed E-state index contributed by atoms with van der Waals surface area (Å²) >= 11 is 1.59. The second kappa shape index (κ2) is 13.2. The van der Waals surface area contributed by atoms with Crippen LogP contribution in [0.2, 0.25) is 0 Å². The number of aromatic amines is 1. The highest BCUT2D eigenvalue weighted by atomic mass is 32.1. The fraction of sp³-hybridized carbons (Fsp3) is 0.471. The first-order valence-corrected chi connectivity index (χ1v) is 16.6. The number of carbonyl (C=O) groups excluding carboxylic acids is 3. The summed E-state index contributed by atoms with van der Waals surface area (Å²) in [6.45, 7) is 18.1. The van der Waals surface area contributed by atoms with Crippen LogP contribution in [0.25, 0.3) is 22.9 Å². The Hall–Kier alpha value is -3.96. The first kappa shape index (κ1) is 32.4. The van der Waals surface area contributed by atoms with Crippen molar-refractivity contribution >= 4 is 46.6 Å². The molecular weight excluding hydrogens is 588 g/mol. The number of fused-ring (bicyclic) bond motifs is 1. The second-order valence-electron chi connectivity index (χ2n) is 12.7. The van der Waals surface area contributed by atoms with Crippen molar-refractivity contribution in [2.75, 3.05) is 44.6 Å². The van der Waals surface area contributed by atoms with Crippen LogP contribution < -0.4 is 10.6 Å². The fourth-order valence-corrected chi connectivity index (χ4v) is 6.87. The number of likely N-dealkylation sites (N-methyl/N-ethyl adjacent to an activating group) is 1. The molecule has 11 heteroatoms. The molecule has 2 aliphatic heterocycles. The predicted molar refractivity (Wildman–Crippen MR) is 180 cm³/mol. The van der Waals surface area contributed by atoms with E-state index in [2.05, 4.69) is 34.4 Å². The monoisotopic (exact) mass is 632 g/mol. The maximum Gasteiger partial charge on any atom is 0.410 e. The minimum Gasteiger partial charge on any atom is -0.444 e. The quantitative estimate of drug-likeness (QED) is 0.248. The van der Waals surface area contributed by atoms with E-state index in [1.165, 1.54) is 0 Å². The van der Waals surface area contributed by atoms with Gasteiger partial charge in [-0.15, -0.1) is 11.3 Å². The van der Waals surface area contributed by atoms with Crippen molar-refractivity contribution in [3.05, 3.63) is 56.7 Å². The van der Waals surface area contributed by atoms with E-state index in [9.17, 15) is 14.4 Å². The molecule has 0 spiro atoms. The van der Waals surface area contributed by atoms with Gasteiger partial charge < -0.3 is 30.2 Å². The van der Waals surface area contributed by atoms with Crippen LogP contribution >= 0.6 is 11.3 Å². The van der Waals surface area contributed by atoms with Gasteiger partial charge in [0.2, 0.25) is 0 Å². The molecule has 5 rings (SSSR count). The standard InChI is InChI=1S/C34H44N6O4S/c1-8-39(9-2)15-13-35-31(42)29-20(3)27(36-21(29)4)17-25-24-16-22(10-11-26(24)37-30(25)41)28-19-45-32(38-28)23-12-14-40(18-23)33(43)44-34(5,6)7/h10-11,16-17,19,23,36H,8-9,12-15,18H2,1-7H3,(H,35,42)(H,37,41)/b25-17-. The van der Waals surface area contributed by atoms with Gasteiger partial charge in [-0.3, -0.25) is 9.59 Å². The number of aromatic nitrogens is 2. The molecule has 0 saturated carbocycles. The normalized spacial score (nSPS) is 17.2. The van der Waals surface area contributed by atoms with Crippen molar-refractivity contribution in [2.45, 2.75) is 66.4 Å². The maximum atomic E-state index is 13.1. The third kappa shape index (κ3) is 7.15. The SMILES string of the molecule is CCN(CC)CCNC(=O)c1c(C)[nH]c(/C=C2\C(=O)Nc3ccc(-c4csc(C5CCN(C(=O)OC(C)(C)C)C5)n4)cc32)c1C. The minimum absolute atomic E-state index is 0.118. The number of aryl methyl sites for hydroxylation is 1. The van der Waals surface area contributed by atoms with Crippen LogP contribution in [0.15, 0.2) is 23.6 Å². The van der Waals surface area contributed by atoms with E-state index in [0.29, 0.717) is 30.8 Å². The molecule has 1 aromatic carbocycles. The van der Waals surface area contributed by atoms with Crippen LogP contribution in [0.3, 0.4) is 0 Å². The maximum absolute atomic E-state index is 13.1. The number of benzene rings is 1. The molecule has 1 atom stereocenters. The molecule has 0 aliphatic carbocycles. The first-order valence-electron chi connectivity index (χ1n) is 15.7. The average molecular weight is 633 g/mol. The van der Waals surface area contributed by atoms with Gasteiger partial charge in [0.15, 0.2) is 0 Å². The molecule has 2 aliphatic rings. The lowest BCUT2D eigenvalue weighted by atomic mass is 10.0. The highest BCUT2D eigenvalue weighted by molar-refractivity contribution is 7.10. The van der Waals surface area contributed by atoms with Crippen LogP contribution in [0, 0.1) is 13.8 Å². The summed E-state index contributed by atoms with van der Waals surface area (Å²) in [6, 6.07) is 5.86. The number of hydrogen-bond donors (Lipinski definition) is 3. The van der Waals surface area contributed by atoms with Crippen molar-refractivity contribution in [1.82, 2.24) is 25.1 Å². The van der Waals surface area contributed by atoms with E-state index in [0.717, 1.165) is 70.5 Å². The highest BCUT2D eigenvalue weighted by Crippen LogP contribution is 2.38. The molecule has 3 amide bonds. The van der Waals surface area contributed by atoms with Crippen LogP contribution in [0.4, 0.5) is 10.5 Å². The number of thiazole rings is 1. The lowest BCUT2D eigenvalue weighted by molar-refractivity contribution is -0.110. The van der Waals surface area contributed by atoms with E-state index in [4.69, 9.17) is 9.72 Å². The third-order valence-corrected chi connectivity index (χ3v) is 9.42. The Morgan fingerprint density at radius 1 is 1.22 bits per heavy atom. The molecule has 3 aromatic rings. The van der Waals surface area contributed by atoms with Gasteiger partial charge in [0.05, 0.1) is 21.8 Å². The minimum atomic E-state index is -0.527. The number of amides is 3. The number of anilines is 1. The van der Waals surface area contributed by atoms with E-state index < -0.39 is 5.60 Å². The zero-order valence-electron chi connectivity index (χ0n) is 27.3. The molecule has 1 unspecified atom stereocenters. The summed E-state index contributed by atoms with van der Waals surface area (Å²) in [7, 11) is 0. The molecule has 240 valence electrons. The van der Waals surface area contributed by atoms with E-state index in [1.807, 2.05) is 64.3 Å². The van der Waals surface area contributed by atoms with E-state index >= 15 is 0 Å². The zero-order chi connectivity index (χ0) is 32.5. The summed E-state index contributed by atoms with van der Waals surface area (Å²) in [5.41, 5.74) is 6.20. The van der Waals surface area contributed by atoms with Gasteiger partial charge >= 0.3 is 6.09 Å². The van der Waals surface area contributed by atoms with Gasteiger partial charge in [-0.05, 0) is 77.9 Å². The lowest BCUT2D eigenvalue weighted by Gasteiger charge is -2.24. The topological polar surface area (TPSA) is 120 Å². The predicted octanol–water partition coefficient (Wildman–Crippen LogP) is 6.04. The summed E-state index contributed by atoms with van der Waals surface area (Å²) in [6.07, 6.45) is 2.38. The largest absolute Gasteiger partial charge is 0.444 e. The summed E-state index contributed by atoms with van der Waals surface area (Å²) in [4.78, 5) is 51.0. The Morgan fingerprint density at radius 2 is 1.98 bits per heavy atom. The lowest BCUT2D eigenvalue weighted by Crippen LogP contribution is -2.35. The number of ether oxygens (including phenoxy) is 1. The Morgan fingerprint density at radius 3 is 2.69 bits per heavy atom.